The summed E-state index contributed by atoms with van der Waals surface area (Å²) in [7, 11) is 0. The standard InChI is InChI=1S/C26H25ClF6N4O3/c27-22-11-17(25(28,29)30)14-35-24(22)37-9-7-36(8-10-37)23(38)15-39-18-3-5-19(6-4-18)40-20-2-1-16(13-34)21(12-20)26(31,32)33/h1-2,11-12,14,18-19H,3-10,15H2. The molecule has 2 aromatic rings. The summed E-state index contributed by atoms with van der Waals surface area (Å²) in [5, 5.41) is 8.81. The number of benzene rings is 1. The van der Waals surface area contributed by atoms with Crippen LogP contribution in [-0.4, -0.2) is 60.8 Å². The number of halogens is 7. The van der Waals surface area contributed by atoms with Crippen molar-refractivity contribution in [3.8, 4) is 11.8 Å². The number of pyridine rings is 1. The molecule has 2 fully saturated rings. The predicted octanol–water partition coefficient (Wildman–Crippen LogP) is 5.70. The highest BCUT2D eigenvalue weighted by molar-refractivity contribution is 6.33. The van der Waals surface area contributed by atoms with Crippen molar-refractivity contribution in [2.45, 2.75) is 50.2 Å². The Labute approximate surface area is 231 Å². The second-order valence-corrected chi connectivity index (χ2v) is 9.95. The molecule has 1 amide bonds. The van der Waals surface area contributed by atoms with E-state index >= 15 is 0 Å². The third kappa shape index (κ3) is 7.28. The molecule has 1 aromatic carbocycles. The number of amides is 1. The number of nitrogens with zero attached hydrogens (tertiary/aromatic N) is 4. The summed E-state index contributed by atoms with van der Waals surface area (Å²) in [4.78, 5) is 19.8. The van der Waals surface area contributed by atoms with Crippen molar-refractivity contribution in [3.05, 3.63) is 52.2 Å². The minimum Gasteiger partial charge on any atom is -0.490 e. The van der Waals surface area contributed by atoms with Crippen LogP contribution in [0, 0.1) is 11.3 Å². The molecule has 1 aliphatic heterocycles. The number of aromatic nitrogens is 1. The van der Waals surface area contributed by atoms with Crippen LogP contribution in [0.2, 0.25) is 5.02 Å². The summed E-state index contributed by atoms with van der Waals surface area (Å²) in [6, 6.07) is 5.64. The number of hydrogen-bond donors (Lipinski definition) is 0. The number of ether oxygens (including phenoxy) is 2. The zero-order valence-corrected chi connectivity index (χ0v) is 21.8. The molecule has 40 heavy (non-hydrogen) atoms. The van der Waals surface area contributed by atoms with Crippen LogP contribution >= 0.6 is 11.6 Å². The molecule has 2 aliphatic rings. The minimum atomic E-state index is -4.67. The molecule has 0 radical (unpaired) electrons. The van der Waals surface area contributed by atoms with Crippen LogP contribution in [0.5, 0.6) is 5.75 Å². The van der Waals surface area contributed by atoms with Gasteiger partial charge in [-0.1, -0.05) is 11.6 Å². The molecule has 1 aromatic heterocycles. The van der Waals surface area contributed by atoms with Crippen LogP contribution in [0.25, 0.3) is 0 Å². The lowest BCUT2D eigenvalue weighted by molar-refractivity contribution is -0.140. The molecule has 1 aliphatic carbocycles. The zero-order valence-electron chi connectivity index (χ0n) is 21.1. The van der Waals surface area contributed by atoms with E-state index in [4.69, 9.17) is 26.3 Å². The lowest BCUT2D eigenvalue weighted by Crippen LogP contribution is -2.50. The quantitative estimate of drug-likeness (QED) is 0.402. The Morgan fingerprint density at radius 1 is 1.00 bits per heavy atom. The van der Waals surface area contributed by atoms with E-state index in [2.05, 4.69) is 4.98 Å². The SMILES string of the molecule is N#Cc1ccc(OC2CCC(OCC(=O)N3CCN(c4ncc(C(F)(F)F)cc4Cl)CC3)CC2)cc1C(F)(F)F. The van der Waals surface area contributed by atoms with Crippen molar-refractivity contribution in [3.63, 3.8) is 0 Å². The van der Waals surface area contributed by atoms with Crippen LogP contribution < -0.4 is 9.64 Å². The van der Waals surface area contributed by atoms with Crippen LogP contribution in [0.1, 0.15) is 42.4 Å². The van der Waals surface area contributed by atoms with E-state index in [1.807, 2.05) is 0 Å². The summed E-state index contributed by atoms with van der Waals surface area (Å²) in [5.41, 5.74) is -2.44. The maximum absolute atomic E-state index is 13.2. The van der Waals surface area contributed by atoms with Gasteiger partial charge in [-0.3, -0.25) is 4.79 Å². The summed E-state index contributed by atoms with van der Waals surface area (Å²) in [6.45, 7) is 1.20. The maximum atomic E-state index is 13.2. The van der Waals surface area contributed by atoms with Crippen molar-refractivity contribution in [1.29, 1.82) is 5.26 Å². The lowest BCUT2D eigenvalue weighted by atomic mass is 9.95. The Kier molecular flexibility index (Phi) is 8.99. The van der Waals surface area contributed by atoms with E-state index in [0.29, 0.717) is 51.9 Å². The largest absolute Gasteiger partial charge is 0.490 e. The summed E-state index contributed by atoms with van der Waals surface area (Å²) < 4.78 is 89.6. The molecule has 0 unspecified atom stereocenters. The van der Waals surface area contributed by atoms with E-state index in [1.165, 1.54) is 12.1 Å². The predicted molar refractivity (Wildman–Crippen MR) is 132 cm³/mol. The first-order chi connectivity index (χ1) is 18.8. The van der Waals surface area contributed by atoms with Crippen molar-refractivity contribution in [1.82, 2.24) is 9.88 Å². The van der Waals surface area contributed by atoms with E-state index < -0.39 is 29.0 Å². The Morgan fingerprint density at radius 3 is 2.23 bits per heavy atom. The third-order valence-corrected chi connectivity index (χ3v) is 7.14. The number of carbonyl (C=O) groups excluding carboxylic acids is 1. The Balaban J connectivity index is 1.20. The van der Waals surface area contributed by atoms with Crippen molar-refractivity contribution < 1.29 is 40.6 Å². The van der Waals surface area contributed by atoms with Gasteiger partial charge in [-0.2, -0.15) is 31.6 Å². The number of carbonyl (C=O) groups is 1. The summed E-state index contributed by atoms with van der Waals surface area (Å²) >= 11 is 6.03. The van der Waals surface area contributed by atoms with Crippen molar-refractivity contribution in [2.24, 2.45) is 0 Å². The topological polar surface area (TPSA) is 78.7 Å². The normalized spacial score (nSPS) is 20.2. The minimum absolute atomic E-state index is 0.0396. The molecule has 7 nitrogen and oxygen atoms in total. The van der Waals surface area contributed by atoms with Gasteiger partial charge < -0.3 is 19.3 Å². The van der Waals surface area contributed by atoms with E-state index in [0.717, 1.165) is 24.4 Å². The van der Waals surface area contributed by atoms with Crippen LogP contribution in [0.3, 0.4) is 0 Å². The fraction of sp³-hybridized carbons (Fsp3) is 0.500. The molecule has 216 valence electrons. The van der Waals surface area contributed by atoms with E-state index in [9.17, 15) is 31.1 Å². The van der Waals surface area contributed by atoms with Gasteiger partial charge in [0.15, 0.2) is 0 Å². The molecule has 2 heterocycles. The van der Waals surface area contributed by atoms with Gasteiger partial charge in [0.05, 0.1) is 40.0 Å². The Morgan fingerprint density at radius 2 is 1.65 bits per heavy atom. The molecular formula is C26H25ClF6N4O3. The van der Waals surface area contributed by atoms with E-state index in [1.54, 1.807) is 9.80 Å². The monoisotopic (exact) mass is 590 g/mol. The fourth-order valence-electron chi connectivity index (χ4n) is 4.70. The summed E-state index contributed by atoms with van der Waals surface area (Å²) in [5.74, 6) is 0.0483. The molecular weight excluding hydrogens is 566 g/mol. The number of hydrogen-bond acceptors (Lipinski definition) is 6. The maximum Gasteiger partial charge on any atom is 0.417 e. The number of anilines is 1. The van der Waals surface area contributed by atoms with Gasteiger partial charge in [0.25, 0.3) is 0 Å². The van der Waals surface area contributed by atoms with Gasteiger partial charge >= 0.3 is 12.4 Å². The second kappa shape index (κ2) is 12.1. The lowest BCUT2D eigenvalue weighted by Gasteiger charge is -2.36. The van der Waals surface area contributed by atoms with Crippen LogP contribution in [-0.2, 0) is 21.9 Å². The van der Waals surface area contributed by atoms with Gasteiger partial charge in [0, 0.05) is 32.4 Å². The highest BCUT2D eigenvalue weighted by Crippen LogP contribution is 2.36. The van der Waals surface area contributed by atoms with Gasteiger partial charge in [-0.15, -0.1) is 0 Å². The molecule has 0 N–H and O–H groups in total. The molecule has 1 saturated heterocycles. The van der Waals surface area contributed by atoms with Crippen LogP contribution in [0.4, 0.5) is 32.2 Å². The number of piperazine rings is 1. The fourth-order valence-corrected chi connectivity index (χ4v) is 4.99. The smallest absolute Gasteiger partial charge is 0.417 e. The van der Waals surface area contributed by atoms with Crippen LogP contribution in [0.15, 0.2) is 30.5 Å². The molecule has 1 saturated carbocycles. The average Bonchev–Trinajstić information content (AvgIpc) is 2.91. The summed E-state index contributed by atoms with van der Waals surface area (Å²) in [6.07, 6.45) is -6.82. The van der Waals surface area contributed by atoms with Gasteiger partial charge in [-0.05, 0) is 49.9 Å². The Hall–Kier alpha value is -3.24. The first kappa shape index (κ1) is 29.7. The molecule has 0 spiro atoms. The first-order valence-electron chi connectivity index (χ1n) is 12.5. The van der Waals surface area contributed by atoms with Gasteiger partial charge in [-0.25, -0.2) is 4.98 Å². The molecule has 0 bridgehead atoms. The molecule has 4 rings (SSSR count). The first-order valence-corrected chi connectivity index (χ1v) is 12.9. The second-order valence-electron chi connectivity index (χ2n) is 9.54. The highest BCUT2D eigenvalue weighted by atomic mass is 35.5. The highest BCUT2D eigenvalue weighted by Gasteiger charge is 2.35. The third-order valence-electron chi connectivity index (χ3n) is 6.86. The van der Waals surface area contributed by atoms with Gasteiger partial charge in [0.1, 0.15) is 18.2 Å². The number of rotatable bonds is 6. The van der Waals surface area contributed by atoms with Crippen molar-refractivity contribution in [2.75, 3.05) is 37.7 Å². The Bertz CT molecular complexity index is 1250. The zero-order chi connectivity index (χ0) is 29.1. The molecule has 0 atom stereocenters. The molecule has 14 heteroatoms. The number of alkyl halides is 6. The number of nitriles is 1. The van der Waals surface area contributed by atoms with E-state index in [-0.39, 0.29) is 41.3 Å². The van der Waals surface area contributed by atoms with Gasteiger partial charge in [0.2, 0.25) is 5.91 Å². The average molecular weight is 591 g/mol. The van der Waals surface area contributed by atoms with Crippen molar-refractivity contribution >= 4 is 23.3 Å².